The molecular formula is C22H23N5O5S. The van der Waals surface area contributed by atoms with Crippen molar-refractivity contribution in [2.75, 3.05) is 27.3 Å². The van der Waals surface area contributed by atoms with Gasteiger partial charge in [0, 0.05) is 24.8 Å². The highest BCUT2D eigenvalue weighted by Gasteiger charge is 2.52. The van der Waals surface area contributed by atoms with Crippen molar-refractivity contribution < 1.29 is 22.8 Å². The molecule has 1 aromatic heterocycles. The quantitative estimate of drug-likeness (QED) is 0.680. The van der Waals surface area contributed by atoms with Gasteiger partial charge >= 0.3 is 6.03 Å². The summed E-state index contributed by atoms with van der Waals surface area (Å²) in [6, 6.07) is 6.27. The zero-order valence-corrected chi connectivity index (χ0v) is 19.3. The number of nitrogens with one attached hydrogen (secondary N) is 1. The summed E-state index contributed by atoms with van der Waals surface area (Å²) >= 11 is 0. The van der Waals surface area contributed by atoms with Gasteiger partial charge in [0.15, 0.2) is 0 Å². The molecule has 0 aliphatic carbocycles. The van der Waals surface area contributed by atoms with Crippen LogP contribution >= 0.6 is 0 Å². The van der Waals surface area contributed by atoms with Crippen molar-refractivity contribution >= 4 is 45.1 Å². The second kappa shape index (κ2) is 7.01. The number of nitrogens with zero attached hydrogens (tertiary/aromatic N) is 4. The van der Waals surface area contributed by atoms with E-state index in [0.29, 0.717) is 30.2 Å². The molecular weight excluding hydrogens is 446 g/mol. The van der Waals surface area contributed by atoms with Gasteiger partial charge < -0.3 is 10.2 Å². The molecule has 3 aliphatic rings. The van der Waals surface area contributed by atoms with Crippen LogP contribution in [-0.4, -0.2) is 54.5 Å². The molecule has 4 amide bonds. The van der Waals surface area contributed by atoms with E-state index >= 15 is 0 Å². The molecule has 1 saturated heterocycles. The van der Waals surface area contributed by atoms with Crippen LogP contribution in [0.3, 0.4) is 0 Å². The van der Waals surface area contributed by atoms with Crippen LogP contribution in [0.4, 0.5) is 22.0 Å². The van der Waals surface area contributed by atoms with Crippen LogP contribution in [0.25, 0.3) is 0 Å². The zero-order valence-electron chi connectivity index (χ0n) is 18.5. The Morgan fingerprint density at radius 1 is 1.15 bits per heavy atom. The average Bonchev–Trinajstić information content (AvgIpc) is 3.37. The third kappa shape index (κ3) is 3.26. The Hall–Kier alpha value is -3.47. The number of urea groups is 1. The summed E-state index contributed by atoms with van der Waals surface area (Å²) in [7, 11) is -3.47. The van der Waals surface area contributed by atoms with Crippen molar-refractivity contribution in [2.24, 2.45) is 0 Å². The van der Waals surface area contributed by atoms with Gasteiger partial charge in [-0.2, -0.15) is 0 Å². The first-order chi connectivity index (χ1) is 15.5. The Balaban J connectivity index is 1.50. The van der Waals surface area contributed by atoms with Crippen LogP contribution in [0.15, 0.2) is 30.5 Å². The van der Waals surface area contributed by atoms with Gasteiger partial charge in [0.05, 0.1) is 24.1 Å². The number of carbonyl (C=O) groups is 3. The van der Waals surface area contributed by atoms with Gasteiger partial charge in [0.2, 0.25) is 15.9 Å². The maximum Gasteiger partial charge on any atom is 0.332 e. The lowest BCUT2D eigenvalue weighted by Gasteiger charge is -2.28. The van der Waals surface area contributed by atoms with E-state index in [9.17, 15) is 22.8 Å². The number of benzene rings is 1. The molecule has 10 nitrogen and oxygen atoms in total. The highest BCUT2D eigenvalue weighted by atomic mass is 32.2. The fourth-order valence-electron chi connectivity index (χ4n) is 4.64. The van der Waals surface area contributed by atoms with Crippen molar-refractivity contribution in [1.82, 2.24) is 9.88 Å². The molecule has 0 radical (unpaired) electrons. The fraction of sp³-hybridized carbons (Fsp3) is 0.364. The number of anilines is 3. The summed E-state index contributed by atoms with van der Waals surface area (Å²) in [5.74, 6) is -0.0934. The number of pyridine rings is 1. The standard InChI is InChI=1S/C22H23N5O5S/c1-22(2)20(29)27(15-5-4-13-7-9-26(17(13)10-15)33(3,31)32)21(30)25(22)12-14-6-8-23-19-16(14)11-18(28)24-19/h4-6,8,10H,7,9,11-12H2,1-3H3,(H,23,24,28). The normalized spacial score (nSPS) is 19.2. The lowest BCUT2D eigenvalue weighted by atomic mass is 10.0. The van der Waals surface area contributed by atoms with Crippen LogP contribution in [0.1, 0.15) is 30.5 Å². The molecule has 5 rings (SSSR count). The minimum absolute atomic E-state index is 0.133. The third-order valence-electron chi connectivity index (χ3n) is 6.48. The van der Waals surface area contributed by atoms with E-state index in [1.54, 1.807) is 44.3 Å². The predicted octanol–water partition coefficient (Wildman–Crippen LogP) is 1.65. The molecule has 1 aromatic carbocycles. The average molecular weight is 470 g/mol. The molecule has 0 saturated carbocycles. The lowest BCUT2D eigenvalue weighted by molar-refractivity contribution is -0.123. The van der Waals surface area contributed by atoms with Crippen molar-refractivity contribution in [3.8, 4) is 0 Å². The highest BCUT2D eigenvalue weighted by Crippen LogP contribution is 2.39. The number of hydrogen-bond acceptors (Lipinski definition) is 6. The molecule has 11 heteroatoms. The number of carbonyl (C=O) groups excluding carboxylic acids is 3. The molecule has 0 bridgehead atoms. The van der Waals surface area contributed by atoms with E-state index in [1.807, 2.05) is 0 Å². The Morgan fingerprint density at radius 2 is 1.91 bits per heavy atom. The third-order valence-corrected chi connectivity index (χ3v) is 7.66. The van der Waals surface area contributed by atoms with Gasteiger partial charge in [-0.3, -0.25) is 13.9 Å². The monoisotopic (exact) mass is 469 g/mol. The van der Waals surface area contributed by atoms with Crippen LogP contribution in [-0.2, 0) is 39.0 Å². The van der Waals surface area contributed by atoms with E-state index in [0.717, 1.165) is 27.8 Å². The van der Waals surface area contributed by atoms with Gasteiger partial charge in [-0.1, -0.05) is 6.07 Å². The molecule has 0 spiro atoms. The second-order valence-corrected chi connectivity index (χ2v) is 10.9. The molecule has 0 atom stereocenters. The Kier molecular flexibility index (Phi) is 4.54. The SMILES string of the molecule is CC1(C)C(=O)N(c2ccc3c(c2)N(S(C)(=O)=O)CC3)C(=O)N1Cc1ccnc2c1CC(=O)N2. The Labute approximate surface area is 191 Å². The first-order valence-corrected chi connectivity index (χ1v) is 12.4. The molecule has 33 heavy (non-hydrogen) atoms. The van der Waals surface area contributed by atoms with E-state index in [4.69, 9.17) is 0 Å². The van der Waals surface area contributed by atoms with E-state index in [-0.39, 0.29) is 18.9 Å². The largest absolute Gasteiger partial charge is 0.332 e. The number of amides is 4. The summed E-state index contributed by atoms with van der Waals surface area (Å²) in [6.45, 7) is 3.81. The molecule has 0 unspecified atom stereocenters. The van der Waals surface area contributed by atoms with E-state index in [2.05, 4.69) is 10.3 Å². The van der Waals surface area contributed by atoms with Gasteiger partial charge in [0.1, 0.15) is 11.4 Å². The molecule has 2 aromatic rings. The first kappa shape index (κ1) is 21.4. The minimum atomic E-state index is -3.47. The molecule has 3 aliphatic heterocycles. The number of hydrogen-bond donors (Lipinski definition) is 1. The Bertz CT molecular complexity index is 1340. The van der Waals surface area contributed by atoms with Gasteiger partial charge in [-0.05, 0) is 49.6 Å². The van der Waals surface area contributed by atoms with Crippen LogP contribution < -0.4 is 14.5 Å². The topological polar surface area (TPSA) is 120 Å². The van der Waals surface area contributed by atoms with Crippen LogP contribution in [0.2, 0.25) is 0 Å². The van der Waals surface area contributed by atoms with Crippen LogP contribution in [0, 0.1) is 0 Å². The molecule has 172 valence electrons. The number of imide groups is 1. The summed E-state index contributed by atoms with van der Waals surface area (Å²) in [5.41, 5.74) is 1.99. The molecule has 4 heterocycles. The van der Waals surface area contributed by atoms with Gasteiger partial charge in [-0.25, -0.2) is 23.1 Å². The maximum atomic E-state index is 13.5. The number of sulfonamides is 1. The smallest absolute Gasteiger partial charge is 0.310 e. The summed E-state index contributed by atoms with van der Waals surface area (Å²) < 4.78 is 25.6. The summed E-state index contributed by atoms with van der Waals surface area (Å²) in [4.78, 5) is 45.4. The highest BCUT2D eigenvalue weighted by molar-refractivity contribution is 7.92. The van der Waals surface area contributed by atoms with E-state index < -0.39 is 27.5 Å². The van der Waals surface area contributed by atoms with Gasteiger partial charge in [0.25, 0.3) is 5.91 Å². The van der Waals surface area contributed by atoms with Crippen molar-refractivity contribution in [2.45, 2.75) is 38.8 Å². The fourth-order valence-corrected chi connectivity index (χ4v) is 5.59. The second-order valence-electron chi connectivity index (χ2n) is 8.99. The van der Waals surface area contributed by atoms with Gasteiger partial charge in [-0.15, -0.1) is 0 Å². The van der Waals surface area contributed by atoms with E-state index in [1.165, 1.54) is 9.21 Å². The number of aromatic nitrogens is 1. The lowest BCUT2D eigenvalue weighted by Crippen LogP contribution is -2.43. The summed E-state index contributed by atoms with van der Waals surface area (Å²) in [6.07, 6.45) is 3.44. The number of fused-ring (bicyclic) bond motifs is 2. The molecule has 1 fully saturated rings. The van der Waals surface area contributed by atoms with Crippen molar-refractivity contribution in [3.63, 3.8) is 0 Å². The first-order valence-electron chi connectivity index (χ1n) is 10.5. The molecule has 1 N–H and O–H groups in total. The predicted molar refractivity (Wildman–Crippen MR) is 121 cm³/mol. The number of rotatable bonds is 4. The van der Waals surface area contributed by atoms with Crippen molar-refractivity contribution in [1.29, 1.82) is 0 Å². The van der Waals surface area contributed by atoms with Crippen molar-refractivity contribution in [3.05, 3.63) is 47.2 Å². The zero-order chi connectivity index (χ0) is 23.7. The van der Waals surface area contributed by atoms with Crippen LogP contribution in [0.5, 0.6) is 0 Å². The minimum Gasteiger partial charge on any atom is -0.310 e. The Morgan fingerprint density at radius 3 is 2.64 bits per heavy atom. The maximum absolute atomic E-state index is 13.5. The summed E-state index contributed by atoms with van der Waals surface area (Å²) in [5, 5.41) is 2.69.